The van der Waals surface area contributed by atoms with Crippen LogP contribution in [0, 0.1) is 17.3 Å². The average molecular weight is 179 g/mol. The van der Waals surface area contributed by atoms with Crippen LogP contribution in [0.2, 0.25) is 0 Å². The maximum absolute atomic E-state index is 12.3. The van der Waals surface area contributed by atoms with Crippen molar-refractivity contribution in [2.24, 2.45) is 0 Å². The molecule has 1 rings (SSSR count). The number of aromatic nitrogens is 1. The zero-order valence-electron chi connectivity index (χ0n) is 6.62. The van der Waals surface area contributed by atoms with E-state index in [1.807, 2.05) is 0 Å². The van der Waals surface area contributed by atoms with Crippen LogP contribution in [0.1, 0.15) is 10.4 Å². The quantitative estimate of drug-likeness (QED) is 0.530. The van der Waals surface area contributed by atoms with E-state index in [4.69, 9.17) is 5.26 Å². The maximum atomic E-state index is 12.3. The Kier molecular flexibility index (Phi) is 2.92. The summed E-state index contributed by atoms with van der Waals surface area (Å²) in [6, 6.07) is 4.14. The molecule has 1 N–H and O–H groups in total. The van der Waals surface area contributed by atoms with Crippen molar-refractivity contribution < 1.29 is 9.18 Å². The number of nitrogens with zero attached hydrogens (tertiary/aromatic N) is 2. The van der Waals surface area contributed by atoms with E-state index in [0.717, 1.165) is 12.3 Å². The molecule has 1 aromatic rings. The Labute approximate surface area is 74.0 Å². The zero-order valence-corrected chi connectivity index (χ0v) is 6.62. The highest BCUT2D eigenvalue weighted by molar-refractivity contribution is 5.93. The molecule has 4 nitrogen and oxygen atoms in total. The molecule has 0 radical (unpaired) electrons. The lowest BCUT2D eigenvalue weighted by Gasteiger charge is -1.98. The summed E-state index contributed by atoms with van der Waals surface area (Å²) in [7, 11) is 0. The number of hydrogen-bond donors (Lipinski definition) is 1. The fraction of sp³-hybridized carbons (Fsp3) is 0.125. The number of pyridine rings is 1. The van der Waals surface area contributed by atoms with Crippen molar-refractivity contribution in [1.82, 2.24) is 10.3 Å². The Morgan fingerprint density at radius 2 is 2.46 bits per heavy atom. The van der Waals surface area contributed by atoms with Gasteiger partial charge >= 0.3 is 0 Å². The second-order valence-electron chi connectivity index (χ2n) is 2.21. The van der Waals surface area contributed by atoms with E-state index < -0.39 is 11.9 Å². The molecule has 1 heterocycles. The molecule has 0 unspecified atom stereocenters. The molecule has 0 spiro atoms. The van der Waals surface area contributed by atoms with Crippen LogP contribution in [-0.4, -0.2) is 17.4 Å². The van der Waals surface area contributed by atoms with Crippen molar-refractivity contribution in [2.75, 3.05) is 6.54 Å². The maximum Gasteiger partial charge on any atom is 0.253 e. The van der Waals surface area contributed by atoms with Crippen LogP contribution >= 0.6 is 0 Å². The van der Waals surface area contributed by atoms with Crippen LogP contribution in [0.3, 0.4) is 0 Å². The lowest BCUT2D eigenvalue weighted by molar-refractivity contribution is 0.0958. The van der Waals surface area contributed by atoms with Gasteiger partial charge in [0.15, 0.2) is 0 Å². The van der Waals surface area contributed by atoms with Gasteiger partial charge in [0.05, 0.1) is 11.6 Å². The predicted octanol–water partition coefficient (Wildman–Crippen LogP) is 0.474. The fourth-order valence-electron chi connectivity index (χ4n) is 0.732. The predicted molar refractivity (Wildman–Crippen MR) is 42.1 cm³/mol. The molecular formula is C8H6FN3O. The fourth-order valence-corrected chi connectivity index (χ4v) is 0.732. The Morgan fingerprint density at radius 3 is 3.00 bits per heavy atom. The van der Waals surface area contributed by atoms with Gasteiger partial charge in [-0.25, -0.2) is 4.98 Å². The average Bonchev–Trinajstić information content (AvgIpc) is 2.15. The van der Waals surface area contributed by atoms with Crippen molar-refractivity contribution in [2.45, 2.75) is 0 Å². The molecule has 66 valence electrons. The van der Waals surface area contributed by atoms with Gasteiger partial charge in [-0.1, -0.05) is 0 Å². The molecule has 5 heteroatoms. The number of nitriles is 1. The van der Waals surface area contributed by atoms with Crippen molar-refractivity contribution in [1.29, 1.82) is 5.26 Å². The lowest BCUT2D eigenvalue weighted by Crippen LogP contribution is -2.23. The van der Waals surface area contributed by atoms with Crippen molar-refractivity contribution in [3.63, 3.8) is 0 Å². The number of halogens is 1. The Hall–Kier alpha value is -1.96. The van der Waals surface area contributed by atoms with Crippen molar-refractivity contribution >= 4 is 5.91 Å². The molecule has 13 heavy (non-hydrogen) atoms. The van der Waals surface area contributed by atoms with E-state index in [-0.39, 0.29) is 12.1 Å². The largest absolute Gasteiger partial charge is 0.339 e. The number of hydrogen-bond acceptors (Lipinski definition) is 3. The first-order chi connectivity index (χ1) is 6.24. The van der Waals surface area contributed by atoms with Crippen LogP contribution < -0.4 is 5.32 Å². The minimum absolute atomic E-state index is 0.0732. The first kappa shape index (κ1) is 9.13. The molecule has 0 aliphatic carbocycles. The van der Waals surface area contributed by atoms with Crippen LogP contribution in [0.15, 0.2) is 18.3 Å². The molecular weight excluding hydrogens is 173 g/mol. The van der Waals surface area contributed by atoms with Gasteiger partial charge in [0.1, 0.15) is 6.54 Å². The number of nitrogens with one attached hydrogen (secondary N) is 1. The summed E-state index contributed by atoms with van der Waals surface area (Å²) in [6.07, 6.45) is 1.11. The van der Waals surface area contributed by atoms with E-state index in [0.29, 0.717) is 0 Å². The molecule has 0 fully saturated rings. The smallest absolute Gasteiger partial charge is 0.253 e. The molecule has 1 aromatic heterocycles. The van der Waals surface area contributed by atoms with Gasteiger partial charge in [0.2, 0.25) is 5.95 Å². The van der Waals surface area contributed by atoms with E-state index in [1.54, 1.807) is 6.07 Å². The minimum atomic E-state index is -0.642. The van der Waals surface area contributed by atoms with Crippen LogP contribution in [-0.2, 0) is 0 Å². The van der Waals surface area contributed by atoms with Crippen LogP contribution in [0.4, 0.5) is 4.39 Å². The summed E-state index contributed by atoms with van der Waals surface area (Å²) in [6.45, 7) is -0.0732. The molecule has 0 saturated heterocycles. The first-order valence-corrected chi connectivity index (χ1v) is 3.50. The zero-order chi connectivity index (χ0) is 9.68. The lowest BCUT2D eigenvalue weighted by atomic mass is 10.3. The molecule has 0 bridgehead atoms. The third-order valence-electron chi connectivity index (χ3n) is 1.32. The highest BCUT2D eigenvalue weighted by atomic mass is 19.1. The highest BCUT2D eigenvalue weighted by Gasteiger charge is 2.04. The molecule has 0 aromatic carbocycles. The molecule has 1 amide bonds. The molecule has 0 atom stereocenters. The Balaban J connectivity index is 2.68. The summed E-state index contributed by atoms with van der Waals surface area (Å²) < 4.78 is 12.3. The van der Waals surface area contributed by atoms with Crippen molar-refractivity contribution in [3.8, 4) is 6.07 Å². The van der Waals surface area contributed by atoms with Crippen molar-refractivity contribution in [3.05, 3.63) is 29.8 Å². The summed E-state index contributed by atoms with van der Waals surface area (Å²) in [5.41, 5.74) is 0.233. The van der Waals surface area contributed by atoms with Crippen LogP contribution in [0.25, 0.3) is 0 Å². The third-order valence-corrected chi connectivity index (χ3v) is 1.32. The highest BCUT2D eigenvalue weighted by Crippen LogP contribution is 1.97. The normalized spacial score (nSPS) is 8.92. The first-order valence-electron chi connectivity index (χ1n) is 3.50. The summed E-state index contributed by atoms with van der Waals surface area (Å²) in [5.74, 6) is -1.08. The number of rotatable bonds is 2. The van der Waals surface area contributed by atoms with Crippen LogP contribution in [0.5, 0.6) is 0 Å². The van der Waals surface area contributed by atoms with Gasteiger partial charge in [-0.3, -0.25) is 4.79 Å². The second-order valence-corrected chi connectivity index (χ2v) is 2.21. The van der Waals surface area contributed by atoms with Gasteiger partial charge < -0.3 is 5.32 Å². The van der Waals surface area contributed by atoms with Gasteiger partial charge in [-0.15, -0.1) is 0 Å². The number of carbonyl (C=O) groups is 1. The Bertz CT molecular complexity index is 341. The van der Waals surface area contributed by atoms with Gasteiger partial charge in [0, 0.05) is 6.20 Å². The Morgan fingerprint density at radius 1 is 1.69 bits per heavy atom. The van der Waals surface area contributed by atoms with E-state index in [1.165, 1.54) is 6.07 Å². The monoisotopic (exact) mass is 179 g/mol. The molecule has 0 saturated carbocycles. The number of carbonyl (C=O) groups excluding carboxylic acids is 1. The molecule has 0 aliphatic heterocycles. The summed E-state index contributed by atoms with van der Waals surface area (Å²) in [5, 5.41) is 10.5. The third kappa shape index (κ3) is 2.52. The van der Waals surface area contributed by atoms with Gasteiger partial charge in [0.25, 0.3) is 5.91 Å². The summed E-state index contributed by atoms with van der Waals surface area (Å²) >= 11 is 0. The van der Waals surface area contributed by atoms with Gasteiger partial charge in [-0.2, -0.15) is 9.65 Å². The van der Waals surface area contributed by atoms with E-state index in [9.17, 15) is 9.18 Å². The minimum Gasteiger partial charge on any atom is -0.339 e. The topological polar surface area (TPSA) is 65.8 Å². The number of amides is 1. The SMILES string of the molecule is N#CCNC(=O)c1ccc(F)nc1. The second kappa shape index (κ2) is 4.16. The van der Waals surface area contributed by atoms with E-state index in [2.05, 4.69) is 10.3 Å². The van der Waals surface area contributed by atoms with E-state index >= 15 is 0 Å². The molecule has 0 aliphatic rings. The van der Waals surface area contributed by atoms with Gasteiger partial charge in [-0.05, 0) is 12.1 Å². The summed E-state index contributed by atoms with van der Waals surface area (Å²) in [4.78, 5) is 14.4. The standard InChI is InChI=1S/C8H6FN3O/c9-7-2-1-6(5-12-7)8(13)11-4-3-10/h1-2,5H,4H2,(H,11,13).